The van der Waals surface area contributed by atoms with Gasteiger partial charge in [-0.1, -0.05) is 0 Å². The molecule has 1 heterocycles. The van der Waals surface area contributed by atoms with Crippen molar-refractivity contribution in [2.75, 3.05) is 12.4 Å². The van der Waals surface area contributed by atoms with Crippen molar-refractivity contribution in [3.05, 3.63) is 59.0 Å². The largest absolute Gasteiger partial charge is 0.465 e. The SMILES string of the molecule is COC(=O)c1ccc(F)c(CNc2ccc(C(=O)NC3CC3)cn2)c1. The number of amides is 1. The molecule has 2 N–H and O–H groups in total. The summed E-state index contributed by atoms with van der Waals surface area (Å²) in [5, 5.41) is 5.85. The molecule has 1 aliphatic rings. The Morgan fingerprint density at radius 3 is 2.64 bits per heavy atom. The number of rotatable bonds is 6. The number of halogens is 1. The van der Waals surface area contributed by atoms with Crippen molar-refractivity contribution in [1.82, 2.24) is 10.3 Å². The van der Waals surface area contributed by atoms with Gasteiger partial charge in [0.05, 0.1) is 18.2 Å². The Bertz CT molecular complexity index is 789. The maximum absolute atomic E-state index is 13.9. The van der Waals surface area contributed by atoms with Gasteiger partial charge in [0.25, 0.3) is 5.91 Å². The molecular formula is C18H18FN3O3. The fourth-order valence-corrected chi connectivity index (χ4v) is 2.27. The molecule has 7 heteroatoms. The van der Waals surface area contributed by atoms with Gasteiger partial charge in [0.1, 0.15) is 11.6 Å². The summed E-state index contributed by atoms with van der Waals surface area (Å²) in [6.45, 7) is 0.150. The molecule has 0 bridgehead atoms. The van der Waals surface area contributed by atoms with Crippen molar-refractivity contribution in [2.24, 2.45) is 0 Å². The lowest BCUT2D eigenvalue weighted by molar-refractivity contribution is 0.0600. The van der Waals surface area contributed by atoms with Crippen molar-refractivity contribution in [1.29, 1.82) is 0 Å². The minimum Gasteiger partial charge on any atom is -0.465 e. The van der Waals surface area contributed by atoms with Crippen LogP contribution in [0.1, 0.15) is 39.1 Å². The number of nitrogens with zero attached hydrogens (tertiary/aromatic N) is 1. The molecule has 25 heavy (non-hydrogen) atoms. The Hall–Kier alpha value is -2.96. The molecule has 1 aromatic heterocycles. The van der Waals surface area contributed by atoms with Crippen molar-refractivity contribution < 1.29 is 18.7 Å². The Morgan fingerprint density at radius 1 is 1.24 bits per heavy atom. The molecule has 1 fully saturated rings. The van der Waals surface area contributed by atoms with Gasteiger partial charge >= 0.3 is 5.97 Å². The maximum atomic E-state index is 13.9. The Labute approximate surface area is 144 Å². The lowest BCUT2D eigenvalue weighted by Gasteiger charge is -2.09. The van der Waals surface area contributed by atoms with E-state index in [0.29, 0.717) is 16.9 Å². The Morgan fingerprint density at radius 2 is 2.00 bits per heavy atom. The zero-order valence-electron chi connectivity index (χ0n) is 13.7. The average molecular weight is 343 g/mol. The highest BCUT2D eigenvalue weighted by atomic mass is 19.1. The predicted octanol–water partition coefficient (Wildman–Crippen LogP) is 2.51. The van der Waals surface area contributed by atoms with Gasteiger partial charge in [0.15, 0.2) is 0 Å². The highest BCUT2D eigenvalue weighted by molar-refractivity contribution is 5.94. The van der Waals surface area contributed by atoms with Crippen LogP contribution in [0.5, 0.6) is 0 Å². The number of benzene rings is 1. The highest BCUT2D eigenvalue weighted by Gasteiger charge is 2.23. The number of carbonyl (C=O) groups is 2. The smallest absolute Gasteiger partial charge is 0.337 e. The van der Waals surface area contributed by atoms with Crippen molar-refractivity contribution in [2.45, 2.75) is 25.4 Å². The Kier molecular flexibility index (Phi) is 4.92. The summed E-state index contributed by atoms with van der Waals surface area (Å²) in [5.74, 6) is -0.588. The predicted molar refractivity (Wildman–Crippen MR) is 89.8 cm³/mol. The molecule has 1 saturated carbocycles. The third kappa shape index (κ3) is 4.32. The number of aromatic nitrogens is 1. The van der Waals surface area contributed by atoms with E-state index in [1.54, 1.807) is 12.1 Å². The van der Waals surface area contributed by atoms with E-state index in [4.69, 9.17) is 0 Å². The lowest BCUT2D eigenvalue weighted by Crippen LogP contribution is -2.25. The number of esters is 1. The Balaban J connectivity index is 1.63. The van der Waals surface area contributed by atoms with E-state index in [2.05, 4.69) is 20.4 Å². The third-order valence-electron chi connectivity index (χ3n) is 3.87. The summed E-state index contributed by atoms with van der Waals surface area (Å²) in [6, 6.07) is 7.64. The quantitative estimate of drug-likeness (QED) is 0.788. The average Bonchev–Trinajstić information content (AvgIpc) is 3.44. The molecule has 0 unspecified atom stereocenters. The van der Waals surface area contributed by atoms with Crippen LogP contribution in [0, 0.1) is 5.82 Å². The zero-order valence-corrected chi connectivity index (χ0v) is 13.7. The van der Waals surface area contributed by atoms with Crippen LogP contribution in [0.3, 0.4) is 0 Å². The molecule has 0 saturated heterocycles. The van der Waals surface area contributed by atoms with Gasteiger partial charge in [-0.3, -0.25) is 4.79 Å². The first kappa shape index (κ1) is 16.9. The van der Waals surface area contributed by atoms with Crippen LogP contribution in [0.4, 0.5) is 10.2 Å². The number of nitrogens with one attached hydrogen (secondary N) is 2. The van der Waals surface area contributed by atoms with Crippen LogP contribution in [0.15, 0.2) is 36.5 Å². The van der Waals surface area contributed by atoms with Crippen molar-refractivity contribution in [3.8, 4) is 0 Å². The molecular weight excluding hydrogens is 325 g/mol. The van der Waals surface area contributed by atoms with E-state index in [1.807, 2.05) is 0 Å². The second-order valence-corrected chi connectivity index (χ2v) is 5.83. The van der Waals surface area contributed by atoms with Gasteiger partial charge in [0, 0.05) is 24.3 Å². The van der Waals surface area contributed by atoms with E-state index in [0.717, 1.165) is 12.8 Å². The summed E-state index contributed by atoms with van der Waals surface area (Å²) in [4.78, 5) is 27.6. The number of anilines is 1. The molecule has 6 nitrogen and oxygen atoms in total. The molecule has 1 aliphatic carbocycles. The van der Waals surface area contributed by atoms with E-state index in [-0.39, 0.29) is 24.1 Å². The van der Waals surface area contributed by atoms with Crippen LogP contribution in [0.2, 0.25) is 0 Å². The second-order valence-electron chi connectivity index (χ2n) is 5.83. The number of pyridine rings is 1. The second kappa shape index (κ2) is 7.29. The minimum atomic E-state index is -0.523. The first-order valence-electron chi connectivity index (χ1n) is 7.94. The maximum Gasteiger partial charge on any atom is 0.337 e. The van der Waals surface area contributed by atoms with E-state index < -0.39 is 11.8 Å². The van der Waals surface area contributed by atoms with E-state index in [9.17, 15) is 14.0 Å². The van der Waals surface area contributed by atoms with Crippen LogP contribution >= 0.6 is 0 Å². The molecule has 2 aromatic rings. The fourth-order valence-electron chi connectivity index (χ4n) is 2.27. The van der Waals surface area contributed by atoms with Gasteiger partial charge in [-0.15, -0.1) is 0 Å². The van der Waals surface area contributed by atoms with Crippen LogP contribution in [0.25, 0.3) is 0 Å². The summed E-state index contributed by atoms with van der Waals surface area (Å²) < 4.78 is 18.5. The van der Waals surface area contributed by atoms with E-state index in [1.165, 1.54) is 31.5 Å². The van der Waals surface area contributed by atoms with Gasteiger partial charge < -0.3 is 15.4 Å². The fraction of sp³-hybridized carbons (Fsp3) is 0.278. The molecule has 0 radical (unpaired) electrons. The van der Waals surface area contributed by atoms with Crippen molar-refractivity contribution in [3.63, 3.8) is 0 Å². The molecule has 130 valence electrons. The van der Waals surface area contributed by atoms with Crippen LogP contribution in [-0.2, 0) is 11.3 Å². The summed E-state index contributed by atoms with van der Waals surface area (Å²) in [6.07, 6.45) is 3.52. The van der Waals surface area contributed by atoms with Crippen molar-refractivity contribution >= 4 is 17.7 Å². The minimum absolute atomic E-state index is 0.140. The standard InChI is InChI=1S/C18H18FN3O3/c1-25-18(24)11-2-6-15(19)13(8-11)10-21-16-7-3-12(9-20-16)17(23)22-14-4-5-14/h2-3,6-9,14H,4-5,10H2,1H3,(H,20,21)(H,22,23). The summed E-state index contributed by atoms with van der Waals surface area (Å²) in [5.41, 5.74) is 1.08. The molecule has 0 spiro atoms. The topological polar surface area (TPSA) is 80.3 Å². The first-order valence-corrected chi connectivity index (χ1v) is 7.94. The third-order valence-corrected chi connectivity index (χ3v) is 3.87. The van der Waals surface area contributed by atoms with Gasteiger partial charge in [-0.25, -0.2) is 14.2 Å². The molecule has 1 aromatic carbocycles. The van der Waals surface area contributed by atoms with Crippen LogP contribution in [-0.4, -0.2) is 30.0 Å². The van der Waals surface area contributed by atoms with Crippen LogP contribution < -0.4 is 10.6 Å². The summed E-state index contributed by atoms with van der Waals surface area (Å²) in [7, 11) is 1.27. The molecule has 1 amide bonds. The zero-order chi connectivity index (χ0) is 17.8. The normalized spacial score (nSPS) is 13.2. The monoisotopic (exact) mass is 343 g/mol. The number of ether oxygens (including phenoxy) is 1. The van der Waals surface area contributed by atoms with E-state index >= 15 is 0 Å². The van der Waals surface area contributed by atoms with Gasteiger partial charge in [-0.2, -0.15) is 0 Å². The molecule has 0 atom stereocenters. The first-order chi connectivity index (χ1) is 12.1. The number of methoxy groups -OCH3 is 1. The molecule has 0 aliphatic heterocycles. The highest BCUT2D eigenvalue weighted by Crippen LogP contribution is 2.19. The molecule has 3 rings (SSSR count). The lowest BCUT2D eigenvalue weighted by atomic mass is 10.1. The number of carbonyl (C=O) groups excluding carboxylic acids is 2. The number of hydrogen-bond acceptors (Lipinski definition) is 5. The number of hydrogen-bond donors (Lipinski definition) is 2. The summed E-state index contributed by atoms with van der Waals surface area (Å²) >= 11 is 0. The van der Waals surface area contributed by atoms with Gasteiger partial charge in [0.2, 0.25) is 0 Å². The van der Waals surface area contributed by atoms with Gasteiger partial charge in [-0.05, 0) is 43.2 Å².